The summed E-state index contributed by atoms with van der Waals surface area (Å²) in [5.41, 5.74) is 6.15. The molecule has 2 aromatic rings. The number of benzene rings is 2. The normalized spacial score (nSPS) is 10.0. The van der Waals surface area contributed by atoms with E-state index in [1.54, 1.807) is 19.1 Å². The first-order chi connectivity index (χ1) is 12.8. The molecule has 2 N–H and O–H groups in total. The predicted molar refractivity (Wildman–Crippen MR) is 94.9 cm³/mol. The predicted octanol–water partition coefficient (Wildman–Crippen LogP) is 1.83. The Morgan fingerprint density at radius 1 is 1.04 bits per heavy atom. The third-order valence-electron chi connectivity index (χ3n) is 3.60. The molecule has 0 spiro atoms. The van der Waals surface area contributed by atoms with E-state index in [0.29, 0.717) is 5.56 Å². The first-order valence-corrected chi connectivity index (χ1v) is 7.86. The van der Waals surface area contributed by atoms with Crippen LogP contribution in [0.4, 0.5) is 5.69 Å². The van der Waals surface area contributed by atoms with Crippen molar-refractivity contribution >= 4 is 23.5 Å². The molecule has 0 unspecified atom stereocenters. The summed E-state index contributed by atoms with van der Waals surface area (Å²) in [4.78, 5) is 45.6. The van der Waals surface area contributed by atoms with Gasteiger partial charge in [0.1, 0.15) is 0 Å². The van der Waals surface area contributed by atoms with Crippen molar-refractivity contribution in [3.63, 3.8) is 0 Å². The first-order valence-electron chi connectivity index (χ1n) is 7.86. The number of hydrogen-bond donors (Lipinski definition) is 2. The molecular formula is C18H17N3O6. The van der Waals surface area contributed by atoms with Gasteiger partial charge in [-0.25, -0.2) is 4.79 Å². The number of amides is 2. The number of nitrogens with one attached hydrogen (secondary N) is 2. The Morgan fingerprint density at radius 3 is 2.33 bits per heavy atom. The van der Waals surface area contributed by atoms with Crippen molar-refractivity contribution in [1.82, 2.24) is 10.9 Å². The number of rotatable bonds is 5. The molecule has 0 radical (unpaired) electrons. The molecule has 140 valence electrons. The van der Waals surface area contributed by atoms with E-state index in [-0.39, 0.29) is 11.3 Å². The molecule has 0 saturated heterocycles. The molecule has 0 atom stereocenters. The van der Waals surface area contributed by atoms with Crippen molar-refractivity contribution in [3.05, 3.63) is 74.8 Å². The smallest absolute Gasteiger partial charge is 0.338 e. The standard InChI is InChI=1S/C18H17N3O6/c1-11-3-4-12(2)15(9-11)18(24)27-10-16(22)19-20-17(23)13-5-7-14(8-6-13)21(25)26/h3-9H,10H2,1-2H3,(H,19,22)(H,20,23). The summed E-state index contributed by atoms with van der Waals surface area (Å²) < 4.78 is 4.93. The molecule has 9 nitrogen and oxygen atoms in total. The van der Waals surface area contributed by atoms with Crippen LogP contribution in [0.3, 0.4) is 0 Å². The second-order valence-corrected chi connectivity index (χ2v) is 5.70. The third-order valence-corrected chi connectivity index (χ3v) is 3.60. The Morgan fingerprint density at radius 2 is 1.70 bits per heavy atom. The monoisotopic (exact) mass is 371 g/mol. The minimum absolute atomic E-state index is 0.119. The number of hydrogen-bond acceptors (Lipinski definition) is 6. The SMILES string of the molecule is Cc1ccc(C)c(C(=O)OCC(=O)NNC(=O)c2ccc([N+](=O)[O-])cc2)c1. The van der Waals surface area contributed by atoms with Crippen LogP contribution in [0.5, 0.6) is 0 Å². The quantitative estimate of drug-likeness (QED) is 0.469. The first kappa shape index (κ1) is 19.6. The van der Waals surface area contributed by atoms with Crippen molar-refractivity contribution in [3.8, 4) is 0 Å². The van der Waals surface area contributed by atoms with E-state index in [0.717, 1.165) is 11.1 Å². The Labute approximate surface area is 154 Å². The summed E-state index contributed by atoms with van der Waals surface area (Å²) in [7, 11) is 0. The van der Waals surface area contributed by atoms with E-state index in [1.165, 1.54) is 24.3 Å². The summed E-state index contributed by atoms with van der Waals surface area (Å²) >= 11 is 0. The fraction of sp³-hybridized carbons (Fsp3) is 0.167. The van der Waals surface area contributed by atoms with Crippen LogP contribution in [0, 0.1) is 24.0 Å². The molecule has 0 aromatic heterocycles. The Balaban J connectivity index is 1.83. The van der Waals surface area contributed by atoms with Gasteiger partial charge in [-0.1, -0.05) is 17.7 Å². The lowest BCUT2D eigenvalue weighted by atomic mass is 10.1. The number of non-ortho nitro benzene ring substituents is 1. The molecule has 2 amide bonds. The van der Waals surface area contributed by atoms with Crippen LogP contribution in [0.25, 0.3) is 0 Å². The number of carbonyl (C=O) groups excluding carboxylic acids is 3. The summed E-state index contributed by atoms with van der Waals surface area (Å²) in [6.07, 6.45) is 0. The molecule has 0 aliphatic heterocycles. The molecule has 0 aliphatic rings. The van der Waals surface area contributed by atoms with Crippen LogP contribution in [0.1, 0.15) is 31.8 Å². The van der Waals surface area contributed by atoms with Gasteiger partial charge in [0.05, 0.1) is 10.5 Å². The zero-order valence-electron chi connectivity index (χ0n) is 14.6. The van der Waals surface area contributed by atoms with Gasteiger partial charge in [0.15, 0.2) is 6.61 Å². The van der Waals surface area contributed by atoms with E-state index in [9.17, 15) is 24.5 Å². The number of hydrazine groups is 1. The number of nitrogens with zero attached hydrogens (tertiary/aromatic N) is 1. The number of carbonyl (C=O) groups is 3. The van der Waals surface area contributed by atoms with Crippen LogP contribution in [0.15, 0.2) is 42.5 Å². The maximum Gasteiger partial charge on any atom is 0.338 e. The molecule has 2 aromatic carbocycles. The summed E-state index contributed by atoms with van der Waals surface area (Å²) in [6, 6.07) is 10.1. The Hall–Kier alpha value is -3.75. The van der Waals surface area contributed by atoms with Crippen LogP contribution in [0.2, 0.25) is 0 Å². The van der Waals surface area contributed by atoms with Gasteiger partial charge in [-0.2, -0.15) is 0 Å². The average molecular weight is 371 g/mol. The Bertz CT molecular complexity index is 892. The largest absolute Gasteiger partial charge is 0.452 e. The van der Waals surface area contributed by atoms with Crippen LogP contribution >= 0.6 is 0 Å². The fourth-order valence-electron chi connectivity index (χ4n) is 2.13. The molecule has 9 heteroatoms. The number of esters is 1. The second-order valence-electron chi connectivity index (χ2n) is 5.70. The zero-order chi connectivity index (χ0) is 20.0. The minimum Gasteiger partial charge on any atom is -0.452 e. The summed E-state index contributed by atoms with van der Waals surface area (Å²) in [6.45, 7) is 3.00. The van der Waals surface area contributed by atoms with Crippen molar-refractivity contribution < 1.29 is 24.0 Å². The molecule has 0 bridgehead atoms. The van der Waals surface area contributed by atoms with E-state index < -0.39 is 29.3 Å². The number of ether oxygens (including phenoxy) is 1. The second kappa shape index (κ2) is 8.56. The maximum atomic E-state index is 12.0. The zero-order valence-corrected chi connectivity index (χ0v) is 14.6. The molecule has 0 heterocycles. The highest BCUT2D eigenvalue weighted by Crippen LogP contribution is 2.12. The van der Waals surface area contributed by atoms with Crippen molar-refractivity contribution in [2.45, 2.75) is 13.8 Å². The molecule has 27 heavy (non-hydrogen) atoms. The van der Waals surface area contributed by atoms with E-state index in [4.69, 9.17) is 4.74 Å². The van der Waals surface area contributed by atoms with Gasteiger partial charge in [-0.15, -0.1) is 0 Å². The summed E-state index contributed by atoms with van der Waals surface area (Å²) in [5.74, 6) is -2.05. The molecule has 0 fully saturated rings. The average Bonchev–Trinajstić information content (AvgIpc) is 2.66. The van der Waals surface area contributed by atoms with E-state index >= 15 is 0 Å². The molecule has 2 rings (SSSR count). The van der Waals surface area contributed by atoms with Crippen molar-refractivity contribution in [2.24, 2.45) is 0 Å². The van der Waals surface area contributed by atoms with Gasteiger partial charge < -0.3 is 4.74 Å². The number of aryl methyl sites for hydroxylation is 2. The number of nitro benzene ring substituents is 1. The van der Waals surface area contributed by atoms with E-state index in [1.807, 2.05) is 13.0 Å². The maximum absolute atomic E-state index is 12.0. The fourth-order valence-corrected chi connectivity index (χ4v) is 2.13. The van der Waals surface area contributed by atoms with Gasteiger partial charge in [-0.3, -0.25) is 30.6 Å². The van der Waals surface area contributed by atoms with Gasteiger partial charge >= 0.3 is 5.97 Å². The van der Waals surface area contributed by atoms with Crippen LogP contribution in [-0.2, 0) is 9.53 Å². The van der Waals surface area contributed by atoms with Crippen LogP contribution < -0.4 is 10.9 Å². The number of nitro groups is 1. The molecule has 0 aliphatic carbocycles. The van der Waals surface area contributed by atoms with E-state index in [2.05, 4.69) is 10.9 Å². The van der Waals surface area contributed by atoms with Crippen molar-refractivity contribution in [2.75, 3.05) is 6.61 Å². The topological polar surface area (TPSA) is 128 Å². The highest BCUT2D eigenvalue weighted by Gasteiger charge is 2.14. The van der Waals surface area contributed by atoms with Gasteiger partial charge in [0, 0.05) is 17.7 Å². The Kier molecular flexibility index (Phi) is 6.21. The lowest BCUT2D eigenvalue weighted by molar-refractivity contribution is -0.384. The van der Waals surface area contributed by atoms with Crippen molar-refractivity contribution in [1.29, 1.82) is 0 Å². The third kappa shape index (κ3) is 5.36. The van der Waals surface area contributed by atoms with Gasteiger partial charge in [0.2, 0.25) is 0 Å². The molecule has 0 saturated carbocycles. The van der Waals surface area contributed by atoms with Crippen LogP contribution in [-0.4, -0.2) is 29.3 Å². The summed E-state index contributed by atoms with van der Waals surface area (Å²) in [5, 5.41) is 10.6. The molecular weight excluding hydrogens is 354 g/mol. The van der Waals surface area contributed by atoms with Gasteiger partial charge in [-0.05, 0) is 37.6 Å². The lowest BCUT2D eigenvalue weighted by Crippen LogP contribution is -2.43. The highest BCUT2D eigenvalue weighted by molar-refractivity contribution is 5.96. The minimum atomic E-state index is -0.732. The highest BCUT2D eigenvalue weighted by atomic mass is 16.6. The lowest BCUT2D eigenvalue weighted by Gasteiger charge is -2.09. The van der Waals surface area contributed by atoms with Gasteiger partial charge in [0.25, 0.3) is 17.5 Å².